The highest BCUT2D eigenvalue weighted by Crippen LogP contribution is 2.61. The van der Waals surface area contributed by atoms with Crippen LogP contribution in [-0.2, 0) is 16.4 Å². The van der Waals surface area contributed by atoms with Crippen molar-refractivity contribution in [2.45, 2.75) is 44.1 Å². The zero-order chi connectivity index (χ0) is 42.2. The van der Waals surface area contributed by atoms with Gasteiger partial charge in [-0.1, -0.05) is 204 Å². The van der Waals surface area contributed by atoms with Gasteiger partial charge in [-0.3, -0.25) is 0 Å². The van der Waals surface area contributed by atoms with Gasteiger partial charge in [-0.2, -0.15) is 0 Å². The lowest BCUT2D eigenvalue weighted by molar-refractivity contribution is 0.564. The quantitative estimate of drug-likeness (QED) is 0.168. The summed E-state index contributed by atoms with van der Waals surface area (Å²) in [7, 11) is 0. The molecule has 0 bridgehead atoms. The van der Waals surface area contributed by atoms with Crippen LogP contribution in [-0.4, -0.2) is 4.57 Å². The second-order valence-electron chi connectivity index (χ2n) is 18.8. The molecule has 0 saturated heterocycles. The van der Waals surface area contributed by atoms with Crippen molar-refractivity contribution in [3.8, 4) is 33.4 Å². The first-order chi connectivity index (χ1) is 30.8. The fourth-order valence-electron chi connectivity index (χ4n) is 12.4. The molecule has 0 aliphatic heterocycles. The molecule has 0 unspecified atom stereocenters. The van der Waals surface area contributed by atoms with Crippen molar-refractivity contribution < 1.29 is 0 Å². The molecule has 0 atom stereocenters. The van der Waals surface area contributed by atoms with Gasteiger partial charge in [-0.25, -0.2) is 0 Å². The Hall–Kier alpha value is -7.42. The highest BCUT2D eigenvalue weighted by atomic mass is 15.2. The molecule has 2 nitrogen and oxygen atoms in total. The summed E-state index contributed by atoms with van der Waals surface area (Å²) in [6.45, 7) is 9.55. The van der Waals surface area contributed by atoms with Crippen molar-refractivity contribution in [3.05, 3.63) is 245 Å². The molecular weight excluding hydrogens is 761 g/mol. The summed E-state index contributed by atoms with van der Waals surface area (Å²) in [4.78, 5) is 2.64. The monoisotopic (exact) mass is 806 g/mol. The van der Waals surface area contributed by atoms with E-state index in [0.29, 0.717) is 0 Å². The van der Waals surface area contributed by atoms with E-state index in [4.69, 9.17) is 0 Å². The maximum atomic E-state index is 2.68. The predicted molar refractivity (Wildman–Crippen MR) is 263 cm³/mol. The number of para-hydroxylation sites is 1. The molecule has 9 aromatic carbocycles. The van der Waals surface area contributed by atoms with Gasteiger partial charge in [0, 0.05) is 32.7 Å². The van der Waals surface area contributed by atoms with Crippen molar-refractivity contribution in [3.63, 3.8) is 0 Å². The summed E-state index contributed by atoms with van der Waals surface area (Å²) in [5, 5.41) is 2.46. The Morgan fingerprint density at radius 2 is 0.746 bits per heavy atom. The maximum absolute atomic E-state index is 2.68. The molecule has 0 saturated carbocycles. The van der Waals surface area contributed by atoms with Crippen LogP contribution in [0.4, 0.5) is 17.1 Å². The van der Waals surface area contributed by atoms with Crippen LogP contribution in [0.1, 0.15) is 66.6 Å². The molecule has 0 amide bonds. The number of anilines is 3. The fourth-order valence-corrected chi connectivity index (χ4v) is 12.4. The minimum absolute atomic E-state index is 0.159. The Morgan fingerprint density at radius 1 is 0.333 bits per heavy atom. The molecule has 3 aliphatic carbocycles. The standard InChI is InChI=1S/C61H46N2/c1-59(2)45-28-13-10-25-42(45)56-49(59)32-18-35-52(56)62(53-36-19-33-50-57(53)43-26-11-14-29-46(43)60(50,3)4)54-37-20-38-55-58(54)44-27-12-17-34-51(44)63(55)61(39-21-6-5-7-22-39)47-30-15-8-23-40(47)41-24-9-16-31-48(41)61/h5-38H,1-4H3. The van der Waals surface area contributed by atoms with Crippen LogP contribution >= 0.6 is 0 Å². The number of rotatable bonds is 5. The maximum Gasteiger partial charge on any atom is 0.122 e. The molecule has 10 aromatic rings. The molecular formula is C61H46N2. The van der Waals surface area contributed by atoms with Gasteiger partial charge in [-0.15, -0.1) is 0 Å². The van der Waals surface area contributed by atoms with Gasteiger partial charge in [0.2, 0.25) is 0 Å². The van der Waals surface area contributed by atoms with E-state index in [0.717, 1.165) is 5.69 Å². The summed E-state index contributed by atoms with van der Waals surface area (Å²) < 4.78 is 2.68. The molecule has 1 aromatic heterocycles. The van der Waals surface area contributed by atoms with Gasteiger partial charge >= 0.3 is 0 Å². The zero-order valence-corrected chi connectivity index (χ0v) is 36.0. The second kappa shape index (κ2) is 12.8. The summed E-state index contributed by atoms with van der Waals surface area (Å²) >= 11 is 0. The van der Waals surface area contributed by atoms with E-state index in [9.17, 15) is 0 Å². The highest BCUT2D eigenvalue weighted by Gasteiger charge is 2.48. The molecule has 63 heavy (non-hydrogen) atoms. The van der Waals surface area contributed by atoms with Crippen molar-refractivity contribution in [1.82, 2.24) is 4.57 Å². The van der Waals surface area contributed by atoms with Crippen LogP contribution in [0.3, 0.4) is 0 Å². The largest absolute Gasteiger partial charge is 0.322 e. The van der Waals surface area contributed by atoms with Crippen LogP contribution in [0.25, 0.3) is 55.2 Å². The smallest absolute Gasteiger partial charge is 0.122 e. The van der Waals surface area contributed by atoms with Crippen LogP contribution in [0.15, 0.2) is 206 Å². The van der Waals surface area contributed by atoms with Crippen molar-refractivity contribution in [2.24, 2.45) is 0 Å². The summed E-state index contributed by atoms with van der Waals surface area (Å²) in [6.07, 6.45) is 0. The lowest BCUT2D eigenvalue weighted by Gasteiger charge is -2.36. The Morgan fingerprint density at radius 3 is 1.32 bits per heavy atom. The molecule has 0 N–H and O–H groups in total. The number of aromatic nitrogens is 1. The Labute approximate surface area is 369 Å². The van der Waals surface area contributed by atoms with Crippen molar-refractivity contribution in [1.29, 1.82) is 0 Å². The average Bonchev–Trinajstić information content (AvgIpc) is 3.98. The van der Waals surface area contributed by atoms with E-state index in [2.05, 4.69) is 243 Å². The predicted octanol–water partition coefficient (Wildman–Crippen LogP) is 15.7. The first kappa shape index (κ1) is 36.3. The topological polar surface area (TPSA) is 8.17 Å². The Kier molecular flexibility index (Phi) is 7.37. The minimum atomic E-state index is -0.646. The normalized spacial score (nSPS) is 15.4. The number of nitrogens with zero attached hydrogens (tertiary/aromatic N) is 2. The number of benzene rings is 9. The van der Waals surface area contributed by atoms with Crippen LogP contribution in [0, 0.1) is 0 Å². The lowest BCUT2D eigenvalue weighted by atomic mass is 9.80. The molecule has 2 heteroatoms. The van der Waals surface area contributed by atoms with E-state index >= 15 is 0 Å². The van der Waals surface area contributed by atoms with E-state index < -0.39 is 5.54 Å². The first-order valence-electron chi connectivity index (χ1n) is 22.4. The SMILES string of the molecule is CC1(C)c2ccccc2-c2c(N(c3cccc4c3-c3ccccc3C4(C)C)c3cccc4c3c3ccccc3n4C3(c4ccccc4)c4ccccc4-c4ccccc43)cccc21. The van der Waals surface area contributed by atoms with Gasteiger partial charge in [0.15, 0.2) is 0 Å². The highest BCUT2D eigenvalue weighted by molar-refractivity contribution is 6.18. The lowest BCUT2D eigenvalue weighted by Crippen LogP contribution is -2.35. The summed E-state index contributed by atoms with van der Waals surface area (Å²) in [5.74, 6) is 0. The summed E-state index contributed by atoms with van der Waals surface area (Å²) in [5.41, 5.74) is 22.1. The molecule has 0 radical (unpaired) electrons. The molecule has 300 valence electrons. The van der Waals surface area contributed by atoms with Crippen LogP contribution < -0.4 is 4.90 Å². The number of fused-ring (bicyclic) bond motifs is 12. The van der Waals surface area contributed by atoms with Gasteiger partial charge in [-0.05, 0) is 91.5 Å². The molecule has 1 heterocycles. The molecule has 13 rings (SSSR count). The zero-order valence-electron chi connectivity index (χ0n) is 36.0. The van der Waals surface area contributed by atoms with E-state index in [1.54, 1.807) is 0 Å². The van der Waals surface area contributed by atoms with E-state index in [1.807, 2.05) is 0 Å². The third-order valence-electron chi connectivity index (χ3n) is 15.0. The van der Waals surface area contributed by atoms with Crippen LogP contribution in [0.5, 0.6) is 0 Å². The Bertz CT molecular complexity index is 3370. The molecule has 0 spiro atoms. The fraction of sp³-hybridized carbons (Fsp3) is 0.115. The molecule has 3 aliphatic rings. The van der Waals surface area contributed by atoms with E-state index in [1.165, 1.54) is 106 Å². The third kappa shape index (κ3) is 4.58. The number of hydrogen-bond acceptors (Lipinski definition) is 1. The number of hydrogen-bond donors (Lipinski definition) is 0. The van der Waals surface area contributed by atoms with Crippen molar-refractivity contribution in [2.75, 3.05) is 4.90 Å². The third-order valence-corrected chi connectivity index (χ3v) is 15.0. The summed E-state index contributed by atoms with van der Waals surface area (Å²) in [6, 6.07) is 77.7. The first-order valence-corrected chi connectivity index (χ1v) is 22.4. The Balaban J connectivity index is 1.20. The van der Waals surface area contributed by atoms with Crippen LogP contribution in [0.2, 0.25) is 0 Å². The van der Waals surface area contributed by atoms with E-state index in [-0.39, 0.29) is 10.8 Å². The average molecular weight is 807 g/mol. The van der Waals surface area contributed by atoms with Gasteiger partial charge < -0.3 is 9.47 Å². The molecule has 0 fully saturated rings. The van der Waals surface area contributed by atoms with Gasteiger partial charge in [0.1, 0.15) is 5.54 Å². The second-order valence-corrected chi connectivity index (χ2v) is 18.8. The van der Waals surface area contributed by atoms with Crippen molar-refractivity contribution >= 4 is 38.9 Å². The minimum Gasteiger partial charge on any atom is -0.322 e. The van der Waals surface area contributed by atoms with Gasteiger partial charge in [0.25, 0.3) is 0 Å². The van der Waals surface area contributed by atoms with Gasteiger partial charge in [0.05, 0.1) is 28.1 Å².